The van der Waals surface area contributed by atoms with E-state index in [0.717, 1.165) is 37.4 Å². The molecule has 0 amide bonds. The summed E-state index contributed by atoms with van der Waals surface area (Å²) < 4.78 is 5.34. The van der Waals surface area contributed by atoms with Crippen molar-refractivity contribution >= 4 is 0 Å². The van der Waals surface area contributed by atoms with Crippen molar-refractivity contribution in [3.8, 4) is 5.75 Å². The Labute approximate surface area is 108 Å². The minimum absolute atomic E-state index is 0.325. The minimum atomic E-state index is -0.449. The molecular weight excluding hydrogens is 228 g/mol. The molecule has 0 bridgehead atoms. The van der Waals surface area contributed by atoms with Crippen LogP contribution in [0.3, 0.4) is 0 Å². The Bertz CT molecular complexity index is 412. The summed E-state index contributed by atoms with van der Waals surface area (Å²) >= 11 is 0. The van der Waals surface area contributed by atoms with Gasteiger partial charge in [0.1, 0.15) is 5.75 Å². The Balaban J connectivity index is 2.13. The van der Waals surface area contributed by atoms with Crippen LogP contribution in [0.4, 0.5) is 0 Å². The van der Waals surface area contributed by atoms with Crippen LogP contribution in [0.25, 0.3) is 0 Å². The lowest BCUT2D eigenvalue weighted by Crippen LogP contribution is -2.58. The summed E-state index contributed by atoms with van der Waals surface area (Å²) in [7, 11) is 0. The second-order valence-corrected chi connectivity index (χ2v) is 5.27. The minimum Gasteiger partial charge on any atom is -0.508 e. The van der Waals surface area contributed by atoms with Gasteiger partial charge in [0, 0.05) is 19.5 Å². The van der Waals surface area contributed by atoms with Crippen molar-refractivity contribution in [2.24, 2.45) is 5.73 Å². The molecule has 100 valence electrons. The summed E-state index contributed by atoms with van der Waals surface area (Å²) in [6.45, 7) is 7.18. The molecule has 0 aliphatic carbocycles. The smallest absolute Gasteiger partial charge is 0.118 e. The van der Waals surface area contributed by atoms with Crippen molar-refractivity contribution in [1.29, 1.82) is 0 Å². The average Bonchev–Trinajstić information content (AvgIpc) is 2.35. The number of hydrogen-bond acceptors (Lipinski definition) is 4. The van der Waals surface area contributed by atoms with Crippen molar-refractivity contribution < 1.29 is 9.84 Å². The number of aryl methyl sites for hydroxylation is 1. The maximum atomic E-state index is 9.90. The first kappa shape index (κ1) is 13.3. The molecule has 1 aliphatic heterocycles. The Kier molecular flexibility index (Phi) is 3.90. The van der Waals surface area contributed by atoms with E-state index in [1.165, 1.54) is 0 Å². The molecule has 0 radical (unpaired) electrons. The molecule has 4 nitrogen and oxygen atoms in total. The van der Waals surface area contributed by atoms with Gasteiger partial charge in [-0.1, -0.05) is 17.7 Å². The lowest BCUT2D eigenvalue weighted by Gasteiger charge is -2.40. The van der Waals surface area contributed by atoms with Crippen LogP contribution < -0.4 is 5.73 Å². The second kappa shape index (κ2) is 5.26. The van der Waals surface area contributed by atoms with Gasteiger partial charge in [0.2, 0.25) is 0 Å². The van der Waals surface area contributed by atoms with E-state index >= 15 is 0 Å². The molecule has 1 unspecified atom stereocenters. The topological polar surface area (TPSA) is 58.7 Å². The third-order valence-electron chi connectivity index (χ3n) is 3.52. The molecule has 18 heavy (non-hydrogen) atoms. The van der Waals surface area contributed by atoms with Crippen molar-refractivity contribution in [3.63, 3.8) is 0 Å². The zero-order valence-electron chi connectivity index (χ0n) is 11.1. The fraction of sp³-hybridized carbons (Fsp3) is 0.571. The Hall–Kier alpha value is -1.10. The van der Waals surface area contributed by atoms with E-state index in [9.17, 15) is 5.11 Å². The summed E-state index contributed by atoms with van der Waals surface area (Å²) in [6.07, 6.45) is 0.639. The van der Waals surface area contributed by atoms with Crippen molar-refractivity contribution in [2.75, 3.05) is 26.3 Å². The highest BCUT2D eigenvalue weighted by atomic mass is 16.5. The molecule has 1 saturated heterocycles. The molecule has 1 aromatic rings. The molecular formula is C14H22N2O2. The monoisotopic (exact) mass is 250 g/mol. The summed E-state index contributed by atoms with van der Waals surface area (Å²) in [4.78, 5) is 2.22. The number of phenolic OH excluding ortho intramolecular Hbond substituents is 1. The quantitative estimate of drug-likeness (QED) is 0.847. The molecule has 0 spiro atoms. The Morgan fingerprint density at radius 2 is 2.06 bits per heavy atom. The van der Waals surface area contributed by atoms with Crippen molar-refractivity contribution in [1.82, 2.24) is 4.90 Å². The van der Waals surface area contributed by atoms with Gasteiger partial charge in [-0.25, -0.2) is 0 Å². The van der Waals surface area contributed by atoms with E-state index < -0.39 is 5.66 Å². The lowest BCUT2D eigenvalue weighted by molar-refractivity contribution is -0.0143. The zero-order chi connectivity index (χ0) is 13.2. The molecule has 1 aliphatic rings. The van der Waals surface area contributed by atoms with E-state index in [0.29, 0.717) is 12.2 Å². The van der Waals surface area contributed by atoms with Crippen LogP contribution >= 0.6 is 0 Å². The third kappa shape index (κ3) is 3.02. The summed E-state index contributed by atoms with van der Waals surface area (Å²) in [5.74, 6) is 0.325. The Morgan fingerprint density at radius 1 is 1.39 bits per heavy atom. The third-order valence-corrected chi connectivity index (χ3v) is 3.52. The van der Waals surface area contributed by atoms with Gasteiger partial charge in [-0.05, 0) is 25.5 Å². The highest BCUT2D eigenvalue weighted by Gasteiger charge is 2.29. The SMILES string of the molecule is Cc1ccc(O)c(CC(C)(N)N2CCOCC2)c1. The second-order valence-electron chi connectivity index (χ2n) is 5.27. The van der Waals surface area contributed by atoms with E-state index in [-0.39, 0.29) is 0 Å². The van der Waals surface area contributed by atoms with Crippen LogP contribution in [-0.2, 0) is 11.2 Å². The van der Waals surface area contributed by atoms with Gasteiger partial charge in [-0.3, -0.25) is 4.90 Å². The van der Waals surface area contributed by atoms with E-state index in [1.54, 1.807) is 6.07 Å². The van der Waals surface area contributed by atoms with Crippen molar-refractivity contribution in [2.45, 2.75) is 25.9 Å². The van der Waals surface area contributed by atoms with E-state index in [1.807, 2.05) is 26.0 Å². The number of ether oxygens (including phenoxy) is 1. The standard InChI is InChI=1S/C14H22N2O2/c1-11-3-4-13(17)12(9-11)10-14(2,15)16-5-7-18-8-6-16/h3-4,9,17H,5-8,10,15H2,1-2H3. The van der Waals surface area contributed by atoms with Crippen LogP contribution in [0.2, 0.25) is 0 Å². The average molecular weight is 250 g/mol. The van der Waals surface area contributed by atoms with Gasteiger partial charge in [0.05, 0.1) is 18.9 Å². The molecule has 4 heteroatoms. The first-order chi connectivity index (χ1) is 8.49. The molecule has 0 saturated carbocycles. The number of hydrogen-bond donors (Lipinski definition) is 2. The van der Waals surface area contributed by atoms with Gasteiger partial charge in [0.25, 0.3) is 0 Å². The number of phenols is 1. The maximum absolute atomic E-state index is 9.90. The normalized spacial score (nSPS) is 20.6. The van der Waals surface area contributed by atoms with Gasteiger partial charge in [-0.2, -0.15) is 0 Å². The summed E-state index contributed by atoms with van der Waals surface area (Å²) in [6, 6.07) is 5.64. The summed E-state index contributed by atoms with van der Waals surface area (Å²) in [5.41, 5.74) is 8.00. The van der Waals surface area contributed by atoms with Crippen LogP contribution in [0.1, 0.15) is 18.1 Å². The largest absolute Gasteiger partial charge is 0.508 e. The predicted molar refractivity (Wildman–Crippen MR) is 71.5 cm³/mol. The predicted octanol–water partition coefficient (Wildman–Crippen LogP) is 1.25. The molecule has 3 N–H and O–H groups in total. The van der Waals surface area contributed by atoms with Gasteiger partial charge in [-0.15, -0.1) is 0 Å². The first-order valence-electron chi connectivity index (χ1n) is 6.39. The van der Waals surface area contributed by atoms with Gasteiger partial charge in [0.15, 0.2) is 0 Å². The molecule has 1 fully saturated rings. The maximum Gasteiger partial charge on any atom is 0.118 e. The molecule has 2 rings (SSSR count). The number of aromatic hydroxyl groups is 1. The lowest BCUT2D eigenvalue weighted by atomic mass is 9.98. The zero-order valence-corrected chi connectivity index (χ0v) is 11.1. The van der Waals surface area contributed by atoms with E-state index in [4.69, 9.17) is 10.5 Å². The van der Waals surface area contributed by atoms with Crippen LogP contribution in [0, 0.1) is 6.92 Å². The summed E-state index contributed by atoms with van der Waals surface area (Å²) in [5, 5.41) is 9.90. The molecule has 1 heterocycles. The number of rotatable bonds is 3. The number of benzene rings is 1. The Morgan fingerprint density at radius 3 is 2.72 bits per heavy atom. The molecule has 1 aromatic carbocycles. The van der Waals surface area contributed by atoms with Gasteiger partial charge < -0.3 is 15.6 Å². The highest BCUT2D eigenvalue weighted by molar-refractivity contribution is 5.36. The van der Waals surface area contributed by atoms with Crippen LogP contribution in [0.15, 0.2) is 18.2 Å². The van der Waals surface area contributed by atoms with Crippen molar-refractivity contribution in [3.05, 3.63) is 29.3 Å². The van der Waals surface area contributed by atoms with E-state index in [2.05, 4.69) is 4.90 Å². The number of morpholine rings is 1. The molecule has 0 aromatic heterocycles. The molecule has 1 atom stereocenters. The van der Waals surface area contributed by atoms with Crippen LogP contribution in [-0.4, -0.2) is 42.0 Å². The fourth-order valence-corrected chi connectivity index (χ4v) is 2.43. The number of nitrogens with zero attached hydrogens (tertiary/aromatic N) is 1. The first-order valence-corrected chi connectivity index (χ1v) is 6.39. The fourth-order valence-electron chi connectivity index (χ4n) is 2.43. The van der Waals surface area contributed by atoms with Gasteiger partial charge >= 0.3 is 0 Å². The van der Waals surface area contributed by atoms with Crippen LogP contribution in [0.5, 0.6) is 5.75 Å². The number of nitrogens with two attached hydrogens (primary N) is 1. The highest BCUT2D eigenvalue weighted by Crippen LogP contribution is 2.24.